The van der Waals surface area contributed by atoms with E-state index in [1.54, 1.807) is 31.5 Å². The van der Waals surface area contributed by atoms with Gasteiger partial charge in [-0.2, -0.15) is 5.10 Å². The zero-order valence-corrected chi connectivity index (χ0v) is 19.2. The molecule has 0 aliphatic carbocycles. The van der Waals surface area contributed by atoms with E-state index in [4.69, 9.17) is 4.74 Å². The summed E-state index contributed by atoms with van der Waals surface area (Å²) in [4.78, 5) is 30.0. The number of carbonyl (C=O) groups is 2. The molecule has 2 aromatic heterocycles. The van der Waals surface area contributed by atoms with Crippen molar-refractivity contribution in [2.24, 2.45) is 0 Å². The quantitative estimate of drug-likeness (QED) is 0.364. The van der Waals surface area contributed by atoms with E-state index >= 15 is 0 Å². The highest BCUT2D eigenvalue weighted by molar-refractivity contribution is 5.97. The van der Waals surface area contributed by atoms with Crippen LogP contribution in [0.15, 0.2) is 91.3 Å². The van der Waals surface area contributed by atoms with Crippen LogP contribution < -0.4 is 5.32 Å². The predicted octanol–water partition coefficient (Wildman–Crippen LogP) is 3.20. The Balaban J connectivity index is 1.60. The number of carbonyl (C=O) groups excluding carboxylic acids is 2. The van der Waals surface area contributed by atoms with Crippen molar-refractivity contribution >= 4 is 11.9 Å². The number of pyridine rings is 1. The summed E-state index contributed by atoms with van der Waals surface area (Å²) in [7, 11) is 0. The number of esters is 1. The summed E-state index contributed by atoms with van der Waals surface area (Å²) in [6, 6.07) is 23.2. The Morgan fingerprint density at radius 1 is 1.00 bits per heavy atom. The molecule has 2 N–H and O–H groups in total. The number of hydrogen-bond acceptors (Lipinski definition) is 6. The van der Waals surface area contributed by atoms with Gasteiger partial charge in [-0.05, 0) is 37.1 Å². The van der Waals surface area contributed by atoms with Crippen LogP contribution in [0.2, 0.25) is 0 Å². The number of nitrogens with one attached hydrogen (secondary N) is 1. The monoisotopic (exact) mass is 470 g/mol. The standard InChI is InChI=1S/C27H26N4O4/c1-2-35-27(34)24(32)23(18-19-10-5-3-6-11-19)29-26(33)21-14-9-16-28-25(21)31-17-15-22(30-31)20-12-7-4-8-13-20/h3-17,23-24,32H,2,18H2,1H3,(H,29,33). The number of rotatable bonds is 9. The van der Waals surface area contributed by atoms with E-state index in [2.05, 4.69) is 15.4 Å². The fourth-order valence-electron chi connectivity index (χ4n) is 3.71. The average Bonchev–Trinajstić information content (AvgIpc) is 3.39. The van der Waals surface area contributed by atoms with Gasteiger partial charge in [0.05, 0.1) is 23.9 Å². The first kappa shape index (κ1) is 23.8. The summed E-state index contributed by atoms with van der Waals surface area (Å²) in [5.41, 5.74) is 2.78. The first-order valence-electron chi connectivity index (χ1n) is 11.3. The highest BCUT2D eigenvalue weighted by Crippen LogP contribution is 2.19. The lowest BCUT2D eigenvalue weighted by molar-refractivity contribution is -0.154. The molecule has 0 saturated heterocycles. The Bertz CT molecular complexity index is 1270. The Kier molecular flexibility index (Phi) is 7.64. The Labute approximate surface area is 203 Å². The van der Waals surface area contributed by atoms with Gasteiger partial charge in [-0.1, -0.05) is 60.7 Å². The van der Waals surface area contributed by atoms with E-state index in [-0.39, 0.29) is 18.6 Å². The molecule has 4 rings (SSSR count). The van der Waals surface area contributed by atoms with Crippen LogP contribution >= 0.6 is 0 Å². The zero-order valence-electron chi connectivity index (χ0n) is 19.2. The van der Waals surface area contributed by atoms with Crippen LogP contribution in [-0.2, 0) is 16.0 Å². The minimum atomic E-state index is -1.53. The number of hydrogen-bond donors (Lipinski definition) is 2. The van der Waals surface area contributed by atoms with Crippen molar-refractivity contribution in [1.29, 1.82) is 0 Å². The maximum atomic E-state index is 13.3. The molecule has 2 heterocycles. The lowest BCUT2D eigenvalue weighted by atomic mass is 10.0. The summed E-state index contributed by atoms with van der Waals surface area (Å²) in [5, 5.41) is 18.0. The van der Waals surface area contributed by atoms with Crippen LogP contribution in [-0.4, -0.2) is 50.5 Å². The molecule has 8 heteroatoms. The number of aliphatic hydroxyl groups is 1. The molecular weight excluding hydrogens is 444 g/mol. The minimum absolute atomic E-state index is 0.123. The van der Waals surface area contributed by atoms with Gasteiger partial charge in [0.15, 0.2) is 11.9 Å². The maximum Gasteiger partial charge on any atom is 0.337 e. The van der Waals surface area contributed by atoms with E-state index in [0.717, 1.165) is 16.8 Å². The molecule has 0 aliphatic heterocycles. The number of benzene rings is 2. The molecule has 0 spiro atoms. The second-order valence-electron chi connectivity index (χ2n) is 7.85. The molecule has 35 heavy (non-hydrogen) atoms. The lowest BCUT2D eigenvalue weighted by Gasteiger charge is -2.23. The van der Waals surface area contributed by atoms with Crippen LogP contribution in [0.1, 0.15) is 22.8 Å². The molecule has 2 aromatic carbocycles. The number of nitrogens with zero attached hydrogens (tertiary/aromatic N) is 3. The molecule has 4 aromatic rings. The van der Waals surface area contributed by atoms with Crippen molar-refractivity contribution in [2.45, 2.75) is 25.5 Å². The van der Waals surface area contributed by atoms with Gasteiger partial charge in [0, 0.05) is 18.0 Å². The predicted molar refractivity (Wildman–Crippen MR) is 131 cm³/mol. The largest absolute Gasteiger partial charge is 0.464 e. The first-order chi connectivity index (χ1) is 17.1. The van der Waals surface area contributed by atoms with Crippen LogP contribution in [0.25, 0.3) is 17.1 Å². The molecule has 0 aliphatic rings. The molecule has 8 nitrogen and oxygen atoms in total. The molecule has 0 saturated carbocycles. The Morgan fingerprint density at radius 2 is 1.71 bits per heavy atom. The average molecular weight is 471 g/mol. The third-order valence-corrected chi connectivity index (χ3v) is 5.43. The number of amides is 1. The van der Waals surface area contributed by atoms with Crippen molar-refractivity contribution in [1.82, 2.24) is 20.1 Å². The molecule has 2 atom stereocenters. The summed E-state index contributed by atoms with van der Waals surface area (Å²) in [6.45, 7) is 1.78. The van der Waals surface area contributed by atoms with Gasteiger partial charge in [0.25, 0.3) is 5.91 Å². The van der Waals surface area contributed by atoms with Gasteiger partial charge < -0.3 is 15.2 Å². The number of aromatic nitrogens is 3. The summed E-state index contributed by atoms with van der Waals surface area (Å²) >= 11 is 0. The molecule has 2 unspecified atom stereocenters. The van der Waals surface area contributed by atoms with Crippen LogP contribution in [0, 0.1) is 0 Å². The van der Waals surface area contributed by atoms with E-state index in [0.29, 0.717) is 5.82 Å². The molecular formula is C27H26N4O4. The van der Waals surface area contributed by atoms with Gasteiger partial charge >= 0.3 is 5.97 Å². The topological polar surface area (TPSA) is 106 Å². The van der Waals surface area contributed by atoms with Crippen molar-refractivity contribution in [2.75, 3.05) is 6.61 Å². The van der Waals surface area contributed by atoms with E-state index in [9.17, 15) is 14.7 Å². The van der Waals surface area contributed by atoms with Crippen LogP contribution in [0.5, 0.6) is 0 Å². The van der Waals surface area contributed by atoms with E-state index in [1.165, 1.54) is 4.68 Å². The summed E-state index contributed by atoms with van der Waals surface area (Å²) in [5.74, 6) is -0.954. The van der Waals surface area contributed by atoms with Gasteiger partial charge in [0.1, 0.15) is 0 Å². The zero-order chi connectivity index (χ0) is 24.6. The van der Waals surface area contributed by atoms with E-state index in [1.807, 2.05) is 66.7 Å². The van der Waals surface area contributed by atoms with Crippen molar-refractivity contribution < 1.29 is 19.4 Å². The summed E-state index contributed by atoms with van der Waals surface area (Å²) < 4.78 is 6.51. The molecule has 178 valence electrons. The Morgan fingerprint density at radius 3 is 2.43 bits per heavy atom. The molecule has 0 bridgehead atoms. The van der Waals surface area contributed by atoms with Crippen molar-refractivity contribution in [3.63, 3.8) is 0 Å². The van der Waals surface area contributed by atoms with Gasteiger partial charge in [-0.25, -0.2) is 14.5 Å². The van der Waals surface area contributed by atoms with Crippen molar-refractivity contribution in [3.05, 3.63) is 102 Å². The van der Waals surface area contributed by atoms with Crippen LogP contribution in [0.4, 0.5) is 0 Å². The molecule has 1 amide bonds. The Hall–Kier alpha value is -4.30. The second-order valence-corrected chi connectivity index (χ2v) is 7.85. The fourth-order valence-corrected chi connectivity index (χ4v) is 3.71. The SMILES string of the molecule is CCOC(=O)C(O)C(Cc1ccccc1)NC(=O)c1cccnc1-n1ccc(-c2ccccc2)n1. The number of ether oxygens (including phenoxy) is 1. The van der Waals surface area contributed by atoms with E-state index < -0.39 is 24.0 Å². The first-order valence-corrected chi connectivity index (χ1v) is 11.3. The van der Waals surface area contributed by atoms with Gasteiger partial charge in [0.2, 0.25) is 0 Å². The summed E-state index contributed by atoms with van der Waals surface area (Å²) in [6.07, 6.45) is 2.01. The molecule has 0 radical (unpaired) electrons. The second kappa shape index (κ2) is 11.2. The highest BCUT2D eigenvalue weighted by atomic mass is 16.5. The van der Waals surface area contributed by atoms with Crippen molar-refractivity contribution in [3.8, 4) is 17.1 Å². The highest BCUT2D eigenvalue weighted by Gasteiger charge is 2.30. The van der Waals surface area contributed by atoms with Gasteiger partial charge in [-0.15, -0.1) is 0 Å². The third kappa shape index (κ3) is 5.80. The molecule has 0 fully saturated rings. The normalized spacial score (nSPS) is 12.5. The lowest BCUT2D eigenvalue weighted by Crippen LogP contribution is -2.49. The van der Waals surface area contributed by atoms with Crippen LogP contribution in [0.3, 0.4) is 0 Å². The van der Waals surface area contributed by atoms with Gasteiger partial charge in [-0.3, -0.25) is 4.79 Å². The smallest absolute Gasteiger partial charge is 0.337 e. The fraction of sp³-hybridized carbons (Fsp3) is 0.185. The maximum absolute atomic E-state index is 13.3. The minimum Gasteiger partial charge on any atom is -0.464 e. The third-order valence-electron chi connectivity index (χ3n) is 5.43. The number of aliphatic hydroxyl groups excluding tert-OH is 1.